The van der Waals surface area contributed by atoms with Gasteiger partial charge in [0, 0.05) is 5.88 Å². The lowest BCUT2D eigenvalue weighted by Crippen LogP contribution is -2.15. The van der Waals surface area contributed by atoms with Crippen molar-refractivity contribution < 1.29 is 52.2 Å². The third kappa shape index (κ3) is 29.4. The van der Waals surface area contributed by atoms with E-state index in [4.69, 9.17) is 54.2 Å². The zero-order chi connectivity index (χ0) is 24.8. The van der Waals surface area contributed by atoms with Gasteiger partial charge >= 0.3 is 5.97 Å². The van der Waals surface area contributed by atoms with Gasteiger partial charge in [-0.15, -0.1) is 11.6 Å². The van der Waals surface area contributed by atoms with E-state index in [0.717, 1.165) is 0 Å². The molecule has 0 amide bonds. The van der Waals surface area contributed by atoms with Crippen LogP contribution in [0, 0.1) is 0 Å². The van der Waals surface area contributed by atoms with E-state index in [2.05, 4.69) is 4.74 Å². The summed E-state index contributed by atoms with van der Waals surface area (Å²) < 4.78 is 52.7. The summed E-state index contributed by atoms with van der Waals surface area (Å²) in [6, 6.07) is 0. The normalized spacial score (nSPS) is 11.2. The van der Waals surface area contributed by atoms with Crippen molar-refractivity contribution >= 4 is 17.6 Å². The Morgan fingerprint density at radius 2 is 0.676 bits per heavy atom. The molecule has 0 fully saturated rings. The second-order valence-corrected chi connectivity index (χ2v) is 6.90. The summed E-state index contributed by atoms with van der Waals surface area (Å²) in [6.45, 7) is 8.93. The summed E-state index contributed by atoms with van der Waals surface area (Å²) in [6.07, 6.45) is 0.249. The van der Waals surface area contributed by atoms with Gasteiger partial charge in [0.15, 0.2) is 0 Å². The van der Waals surface area contributed by atoms with Crippen molar-refractivity contribution in [3.05, 3.63) is 0 Å². The molecule has 0 aromatic carbocycles. The largest absolute Gasteiger partial charge is 0.469 e. The number of carbonyl (C=O) groups is 1. The predicted octanol–water partition coefficient (Wildman–Crippen LogP) is 0.938. The number of methoxy groups -OCH3 is 1. The Balaban J connectivity index is 3.02. The van der Waals surface area contributed by atoms with Crippen LogP contribution in [0.5, 0.6) is 0 Å². The van der Waals surface area contributed by atoms with Crippen LogP contribution >= 0.6 is 11.6 Å². The fraction of sp³-hybridized carbons (Fsp3) is 0.955. The number of alkyl halides is 1. The molecule has 0 saturated heterocycles. The molecule has 0 radical (unpaired) electrons. The molecule has 0 aliphatic rings. The van der Waals surface area contributed by atoms with Crippen LogP contribution in [-0.4, -0.2) is 138 Å². The van der Waals surface area contributed by atoms with Gasteiger partial charge in [0.05, 0.1) is 132 Å². The monoisotopic (exact) mass is 518 g/mol. The molecule has 0 unspecified atom stereocenters. The Kier molecular flexibility index (Phi) is 29.9. The number of esters is 1. The van der Waals surface area contributed by atoms with Gasteiger partial charge in [-0.1, -0.05) is 0 Å². The van der Waals surface area contributed by atoms with Crippen LogP contribution in [0.2, 0.25) is 0 Å². The lowest BCUT2D eigenvalue weighted by Gasteiger charge is -2.08. The highest BCUT2D eigenvalue weighted by atomic mass is 35.5. The smallest absolute Gasteiger partial charge is 0.307 e. The molecule has 0 aliphatic carbocycles. The number of ether oxygens (including phenoxy) is 10. The third-order valence-corrected chi connectivity index (χ3v) is 4.03. The lowest BCUT2D eigenvalue weighted by molar-refractivity contribution is -0.141. The second kappa shape index (κ2) is 30.4. The first-order valence-electron chi connectivity index (χ1n) is 11.6. The Hall–Kier alpha value is -0.600. The van der Waals surface area contributed by atoms with E-state index < -0.39 is 0 Å². The molecule has 0 bridgehead atoms. The van der Waals surface area contributed by atoms with Gasteiger partial charge in [-0.25, -0.2) is 0 Å². The molecule has 0 aliphatic heterocycles. The number of halogens is 1. The number of carbonyl (C=O) groups excluding carboxylic acids is 1. The molecule has 0 saturated carbocycles. The number of rotatable bonds is 29. The van der Waals surface area contributed by atoms with Gasteiger partial charge in [-0.2, -0.15) is 0 Å². The molecule has 0 heterocycles. The van der Waals surface area contributed by atoms with Gasteiger partial charge in [0.2, 0.25) is 0 Å². The highest BCUT2D eigenvalue weighted by Crippen LogP contribution is 1.88. The van der Waals surface area contributed by atoms with Crippen LogP contribution in [0.3, 0.4) is 0 Å². The van der Waals surface area contributed by atoms with E-state index in [1.807, 2.05) is 0 Å². The number of hydrogen-bond acceptors (Lipinski definition) is 11. The predicted molar refractivity (Wildman–Crippen MR) is 125 cm³/mol. The van der Waals surface area contributed by atoms with E-state index >= 15 is 0 Å². The number of hydrogen-bond donors (Lipinski definition) is 0. The van der Waals surface area contributed by atoms with E-state index in [1.165, 1.54) is 7.11 Å². The van der Waals surface area contributed by atoms with E-state index in [1.54, 1.807) is 0 Å². The summed E-state index contributed by atoms with van der Waals surface area (Å²) in [7, 11) is 1.35. The van der Waals surface area contributed by atoms with Crippen LogP contribution in [0.25, 0.3) is 0 Å². The molecular formula is C22H43ClO11. The standard InChI is InChI=1S/C22H43ClO11/c1-25-22(24)2-4-26-6-8-28-10-12-30-14-16-32-18-20-34-21-19-33-17-15-31-13-11-29-9-7-27-5-3-23/h2-21H2,1H3. The maximum absolute atomic E-state index is 10.9. The molecule has 0 spiro atoms. The maximum atomic E-state index is 10.9. The van der Waals surface area contributed by atoms with E-state index in [9.17, 15) is 4.79 Å². The zero-order valence-corrected chi connectivity index (χ0v) is 21.3. The Morgan fingerprint density at radius 3 is 0.912 bits per heavy atom. The Morgan fingerprint density at radius 1 is 0.441 bits per heavy atom. The average molecular weight is 519 g/mol. The molecule has 34 heavy (non-hydrogen) atoms. The molecule has 12 heteroatoms. The highest BCUT2D eigenvalue weighted by Gasteiger charge is 1.99. The van der Waals surface area contributed by atoms with Gasteiger partial charge in [0.1, 0.15) is 0 Å². The van der Waals surface area contributed by atoms with Crippen molar-refractivity contribution in [1.82, 2.24) is 0 Å². The lowest BCUT2D eigenvalue weighted by atomic mass is 10.5. The summed E-state index contributed by atoms with van der Waals surface area (Å²) in [5, 5.41) is 0. The van der Waals surface area contributed by atoms with E-state index in [0.29, 0.717) is 125 Å². The van der Waals surface area contributed by atoms with Crippen LogP contribution in [0.15, 0.2) is 0 Å². The van der Waals surface area contributed by atoms with Gasteiger partial charge < -0.3 is 47.4 Å². The van der Waals surface area contributed by atoms with Crippen LogP contribution in [0.1, 0.15) is 6.42 Å². The van der Waals surface area contributed by atoms with Gasteiger partial charge in [0.25, 0.3) is 0 Å². The fourth-order valence-corrected chi connectivity index (χ4v) is 2.28. The van der Waals surface area contributed by atoms with Crippen molar-refractivity contribution in [2.45, 2.75) is 6.42 Å². The molecule has 0 aromatic heterocycles. The molecule has 0 rings (SSSR count). The minimum atomic E-state index is -0.283. The summed E-state index contributed by atoms with van der Waals surface area (Å²) in [5.74, 6) is 0.213. The summed E-state index contributed by atoms with van der Waals surface area (Å²) >= 11 is 5.49. The molecule has 0 N–H and O–H groups in total. The quantitative estimate of drug-likeness (QED) is 0.0801. The minimum absolute atomic E-state index is 0.249. The maximum Gasteiger partial charge on any atom is 0.307 e. The first-order chi connectivity index (χ1) is 16.8. The summed E-state index contributed by atoms with van der Waals surface area (Å²) in [4.78, 5) is 10.9. The molecule has 204 valence electrons. The average Bonchev–Trinajstić information content (AvgIpc) is 2.85. The van der Waals surface area contributed by atoms with Crippen molar-refractivity contribution in [1.29, 1.82) is 0 Å². The van der Waals surface area contributed by atoms with Crippen LogP contribution in [0.4, 0.5) is 0 Å². The SMILES string of the molecule is COC(=O)CCOCCOCCOCCOCCOCCOCCOCCOCCOCCCl. The highest BCUT2D eigenvalue weighted by molar-refractivity contribution is 6.17. The van der Waals surface area contributed by atoms with E-state index in [-0.39, 0.29) is 12.4 Å². The van der Waals surface area contributed by atoms with Gasteiger partial charge in [-0.05, 0) is 0 Å². The van der Waals surface area contributed by atoms with Crippen LogP contribution in [-0.2, 0) is 52.2 Å². The molecule has 11 nitrogen and oxygen atoms in total. The topological polar surface area (TPSA) is 109 Å². The first kappa shape index (κ1) is 33.4. The fourth-order valence-electron chi connectivity index (χ4n) is 2.17. The molecular weight excluding hydrogens is 476 g/mol. The molecule has 0 atom stereocenters. The van der Waals surface area contributed by atoms with Crippen molar-refractivity contribution in [3.63, 3.8) is 0 Å². The van der Waals surface area contributed by atoms with Crippen molar-refractivity contribution in [3.8, 4) is 0 Å². The minimum Gasteiger partial charge on any atom is -0.469 e. The third-order valence-electron chi connectivity index (χ3n) is 3.88. The Labute approximate surface area is 208 Å². The van der Waals surface area contributed by atoms with Crippen molar-refractivity contribution in [2.75, 3.05) is 132 Å². The second-order valence-electron chi connectivity index (χ2n) is 6.53. The molecule has 0 aromatic rings. The van der Waals surface area contributed by atoms with Crippen LogP contribution < -0.4 is 0 Å². The first-order valence-corrected chi connectivity index (χ1v) is 12.2. The van der Waals surface area contributed by atoms with Gasteiger partial charge in [-0.3, -0.25) is 4.79 Å². The summed E-state index contributed by atoms with van der Waals surface area (Å²) in [5.41, 5.74) is 0. The van der Waals surface area contributed by atoms with Crippen molar-refractivity contribution in [2.24, 2.45) is 0 Å². The Bertz CT molecular complexity index is 405. The zero-order valence-electron chi connectivity index (χ0n) is 20.5.